The number of ether oxygens (including phenoxy) is 1. The summed E-state index contributed by atoms with van der Waals surface area (Å²) in [5, 5.41) is 18.2. The lowest BCUT2D eigenvalue weighted by atomic mass is 10.1. The third kappa shape index (κ3) is 8.14. The van der Waals surface area contributed by atoms with Gasteiger partial charge in [-0.25, -0.2) is 0 Å². The Labute approximate surface area is 204 Å². The van der Waals surface area contributed by atoms with Crippen molar-refractivity contribution in [3.8, 4) is 17.0 Å². The Morgan fingerprint density at radius 1 is 1.12 bits per heavy atom. The van der Waals surface area contributed by atoms with Crippen LogP contribution in [0.5, 0.6) is 5.75 Å². The Hall–Kier alpha value is -2.37. The molecule has 184 valence electrons. The summed E-state index contributed by atoms with van der Waals surface area (Å²) in [5.74, 6) is -0.271. The standard InChI is InChI=1S/C23H26ClF3N4O2S/c1-2-28-21(32)29-12-3-13-31-20(17-6-10-19(11-7-17)33-23(25,26)27)15-34-22(31)30-14-16-4-8-18(24)9-5-16/h4-11,15,21,28-29,32H,2-3,12-14H2,1H3. The van der Waals surface area contributed by atoms with Crippen molar-refractivity contribution in [3.63, 3.8) is 0 Å². The number of hydrogen-bond acceptors (Lipinski definition) is 6. The number of nitrogens with zero attached hydrogens (tertiary/aromatic N) is 2. The van der Waals surface area contributed by atoms with Crippen LogP contribution in [0.2, 0.25) is 5.02 Å². The number of alkyl halides is 3. The number of aliphatic hydroxyl groups is 1. The van der Waals surface area contributed by atoms with Crippen molar-refractivity contribution in [1.82, 2.24) is 15.2 Å². The molecule has 2 aromatic carbocycles. The topological polar surface area (TPSA) is 70.8 Å². The first-order valence-electron chi connectivity index (χ1n) is 10.7. The lowest BCUT2D eigenvalue weighted by Gasteiger charge is -2.14. The maximum absolute atomic E-state index is 12.5. The smallest absolute Gasteiger partial charge is 0.406 e. The zero-order valence-corrected chi connectivity index (χ0v) is 20.1. The van der Waals surface area contributed by atoms with E-state index in [1.807, 2.05) is 41.1 Å². The second-order valence-electron chi connectivity index (χ2n) is 7.34. The predicted molar refractivity (Wildman–Crippen MR) is 127 cm³/mol. The molecule has 3 N–H and O–H groups in total. The molecule has 0 aliphatic heterocycles. The van der Waals surface area contributed by atoms with Gasteiger partial charge in [0.15, 0.2) is 11.2 Å². The van der Waals surface area contributed by atoms with Crippen LogP contribution in [0.4, 0.5) is 13.2 Å². The summed E-state index contributed by atoms with van der Waals surface area (Å²) in [5.41, 5.74) is 2.60. The quantitative estimate of drug-likeness (QED) is 0.255. The van der Waals surface area contributed by atoms with Gasteiger partial charge >= 0.3 is 6.36 Å². The molecule has 1 heterocycles. The van der Waals surface area contributed by atoms with E-state index in [2.05, 4.69) is 15.4 Å². The van der Waals surface area contributed by atoms with Gasteiger partial charge in [0.25, 0.3) is 0 Å². The Morgan fingerprint density at radius 2 is 1.82 bits per heavy atom. The number of thiazole rings is 1. The molecule has 0 radical (unpaired) electrons. The minimum absolute atomic E-state index is 0.271. The van der Waals surface area contributed by atoms with E-state index in [4.69, 9.17) is 16.6 Å². The fourth-order valence-corrected chi connectivity index (χ4v) is 4.28. The van der Waals surface area contributed by atoms with Gasteiger partial charge in [-0.2, -0.15) is 0 Å². The third-order valence-corrected chi connectivity index (χ3v) is 5.94. The zero-order valence-electron chi connectivity index (χ0n) is 18.5. The number of nitrogens with one attached hydrogen (secondary N) is 2. The van der Waals surface area contributed by atoms with E-state index in [0.29, 0.717) is 37.6 Å². The summed E-state index contributed by atoms with van der Waals surface area (Å²) >= 11 is 7.41. The lowest BCUT2D eigenvalue weighted by molar-refractivity contribution is -0.274. The highest BCUT2D eigenvalue weighted by molar-refractivity contribution is 7.07. The average molecular weight is 515 g/mol. The van der Waals surface area contributed by atoms with Gasteiger partial charge in [-0.1, -0.05) is 30.7 Å². The van der Waals surface area contributed by atoms with E-state index in [9.17, 15) is 18.3 Å². The van der Waals surface area contributed by atoms with Crippen LogP contribution >= 0.6 is 22.9 Å². The van der Waals surface area contributed by atoms with Crippen LogP contribution in [-0.2, 0) is 13.1 Å². The molecule has 3 aromatic rings. The monoisotopic (exact) mass is 514 g/mol. The highest BCUT2D eigenvalue weighted by Gasteiger charge is 2.31. The summed E-state index contributed by atoms with van der Waals surface area (Å²) < 4.78 is 43.5. The number of benzene rings is 2. The molecule has 6 nitrogen and oxygen atoms in total. The molecular formula is C23H26ClF3N4O2S. The van der Waals surface area contributed by atoms with E-state index in [-0.39, 0.29) is 5.75 Å². The van der Waals surface area contributed by atoms with Crippen molar-refractivity contribution in [2.45, 2.75) is 39.1 Å². The van der Waals surface area contributed by atoms with E-state index in [0.717, 1.165) is 21.6 Å². The first-order valence-corrected chi connectivity index (χ1v) is 11.9. The molecule has 0 aliphatic carbocycles. The molecule has 1 unspecified atom stereocenters. The van der Waals surface area contributed by atoms with Gasteiger partial charge in [0.05, 0.1) is 12.2 Å². The predicted octanol–water partition coefficient (Wildman–Crippen LogP) is 4.73. The first-order chi connectivity index (χ1) is 16.2. The van der Waals surface area contributed by atoms with Crippen molar-refractivity contribution in [3.05, 3.63) is 69.3 Å². The number of aromatic nitrogens is 1. The van der Waals surface area contributed by atoms with Crippen LogP contribution in [0, 0.1) is 0 Å². The fraction of sp³-hybridized carbons (Fsp3) is 0.348. The molecule has 3 rings (SSSR count). The molecule has 0 amide bonds. The van der Waals surface area contributed by atoms with Crippen LogP contribution < -0.4 is 20.2 Å². The van der Waals surface area contributed by atoms with Crippen molar-refractivity contribution in [2.75, 3.05) is 13.1 Å². The van der Waals surface area contributed by atoms with Crippen molar-refractivity contribution in [1.29, 1.82) is 0 Å². The molecule has 11 heteroatoms. The summed E-state index contributed by atoms with van der Waals surface area (Å²) in [4.78, 5) is 5.53. The molecule has 0 saturated carbocycles. The van der Waals surface area contributed by atoms with Crippen LogP contribution in [0.3, 0.4) is 0 Å². The molecule has 0 bridgehead atoms. The average Bonchev–Trinajstić information content (AvgIpc) is 3.18. The first kappa shape index (κ1) is 26.2. The fourth-order valence-electron chi connectivity index (χ4n) is 3.22. The molecule has 1 aromatic heterocycles. The molecular weight excluding hydrogens is 489 g/mol. The van der Waals surface area contributed by atoms with Gasteiger partial charge in [-0.15, -0.1) is 24.5 Å². The summed E-state index contributed by atoms with van der Waals surface area (Å²) in [6.45, 7) is 4.17. The van der Waals surface area contributed by atoms with Gasteiger partial charge < -0.3 is 14.4 Å². The SMILES string of the molecule is CCNC(O)NCCCn1c(-c2ccc(OC(F)(F)F)cc2)csc1=NCc1ccc(Cl)cc1. The molecule has 0 saturated heterocycles. The molecule has 0 aliphatic rings. The Bertz CT molecular complexity index is 1100. The van der Waals surface area contributed by atoms with E-state index in [1.165, 1.54) is 23.5 Å². The van der Waals surface area contributed by atoms with Crippen LogP contribution in [-0.4, -0.2) is 35.5 Å². The van der Waals surface area contributed by atoms with Gasteiger partial charge in [-0.05, 0) is 60.5 Å². The van der Waals surface area contributed by atoms with Crippen molar-refractivity contribution in [2.24, 2.45) is 4.99 Å². The summed E-state index contributed by atoms with van der Waals surface area (Å²) in [6.07, 6.45) is -4.82. The Balaban J connectivity index is 1.81. The Morgan fingerprint density at radius 3 is 2.47 bits per heavy atom. The van der Waals surface area contributed by atoms with Gasteiger partial charge in [0.2, 0.25) is 0 Å². The maximum atomic E-state index is 12.5. The largest absolute Gasteiger partial charge is 0.573 e. The van der Waals surface area contributed by atoms with Gasteiger partial charge in [0.1, 0.15) is 5.75 Å². The third-order valence-electron chi connectivity index (χ3n) is 4.79. The van der Waals surface area contributed by atoms with Crippen LogP contribution in [0.15, 0.2) is 58.9 Å². The van der Waals surface area contributed by atoms with E-state index < -0.39 is 12.7 Å². The van der Waals surface area contributed by atoms with Crippen molar-refractivity contribution >= 4 is 22.9 Å². The summed E-state index contributed by atoms with van der Waals surface area (Å²) in [6, 6.07) is 13.2. The highest BCUT2D eigenvalue weighted by atomic mass is 35.5. The molecule has 34 heavy (non-hydrogen) atoms. The number of rotatable bonds is 11. The van der Waals surface area contributed by atoms with Crippen LogP contribution in [0.1, 0.15) is 18.9 Å². The maximum Gasteiger partial charge on any atom is 0.573 e. The van der Waals surface area contributed by atoms with Gasteiger partial charge in [-0.3, -0.25) is 15.6 Å². The van der Waals surface area contributed by atoms with Crippen molar-refractivity contribution < 1.29 is 23.0 Å². The van der Waals surface area contributed by atoms with E-state index >= 15 is 0 Å². The minimum Gasteiger partial charge on any atom is -0.406 e. The second-order valence-corrected chi connectivity index (χ2v) is 8.61. The number of aliphatic hydroxyl groups excluding tert-OH is 1. The zero-order chi connectivity index (χ0) is 24.6. The highest BCUT2D eigenvalue weighted by Crippen LogP contribution is 2.27. The number of halogens is 4. The number of hydrogen-bond donors (Lipinski definition) is 3. The Kier molecular flexibility index (Phi) is 9.54. The van der Waals surface area contributed by atoms with Gasteiger partial charge in [0, 0.05) is 23.5 Å². The second kappa shape index (κ2) is 12.4. The summed E-state index contributed by atoms with van der Waals surface area (Å²) in [7, 11) is 0. The molecule has 0 fully saturated rings. The molecule has 0 spiro atoms. The lowest BCUT2D eigenvalue weighted by Crippen LogP contribution is -2.42. The normalized spacial score (nSPS) is 13.3. The molecule has 1 atom stereocenters. The van der Waals surface area contributed by atoms with E-state index in [1.54, 1.807) is 12.1 Å². The van der Waals surface area contributed by atoms with Crippen LogP contribution in [0.25, 0.3) is 11.3 Å². The minimum atomic E-state index is -4.73.